The number of aryl methyl sites for hydroxylation is 1. The zero-order valence-electron chi connectivity index (χ0n) is 23.2. The number of aliphatic hydroxyl groups is 1. The van der Waals surface area contributed by atoms with E-state index in [0.717, 1.165) is 28.9 Å². The van der Waals surface area contributed by atoms with Crippen LogP contribution in [0.4, 0.5) is 5.69 Å². The lowest BCUT2D eigenvalue weighted by atomic mass is 10.0. The maximum absolute atomic E-state index is 11.9. The lowest BCUT2D eigenvalue weighted by Gasteiger charge is -2.31. The summed E-state index contributed by atoms with van der Waals surface area (Å²) in [4.78, 5) is 13.6. The number of nitro groups is 1. The van der Waals surface area contributed by atoms with Gasteiger partial charge in [0.15, 0.2) is 5.75 Å². The average Bonchev–Trinajstić information content (AvgIpc) is 2.96. The van der Waals surface area contributed by atoms with Gasteiger partial charge in [0.25, 0.3) is 0 Å². The van der Waals surface area contributed by atoms with Gasteiger partial charge in [0.2, 0.25) is 0 Å². The average molecular weight is 541 g/mol. The molecule has 208 valence electrons. The van der Waals surface area contributed by atoms with E-state index >= 15 is 0 Å². The number of ether oxygens (including phenoxy) is 2. The fourth-order valence-electron chi connectivity index (χ4n) is 4.83. The van der Waals surface area contributed by atoms with Crippen LogP contribution in [-0.2, 0) is 19.6 Å². The smallest absolute Gasteiger partial charge is 0.311 e. The molecule has 0 aromatic heterocycles. The Hall–Kier alpha value is -4.20. The van der Waals surface area contributed by atoms with Gasteiger partial charge in [-0.1, -0.05) is 78.9 Å². The zero-order chi connectivity index (χ0) is 28.5. The Kier molecular flexibility index (Phi) is 9.89. The summed E-state index contributed by atoms with van der Waals surface area (Å²) in [5.41, 5.74) is 4.60. The standard InChI is InChI=1S/C33H36N2O5/c1-24-18-28(14-16-32(24)39-3)19-25(2)34(21-26-10-6-4-7-11-26)22-31(36)29-15-17-33(30(20-29)35(37)38)40-23-27-12-8-5-9-13-27/h4-18,20,25,31,36H,19,21-23H2,1-3H3. The van der Waals surface area contributed by atoms with Gasteiger partial charge in [0.05, 0.1) is 18.1 Å². The van der Waals surface area contributed by atoms with Crippen molar-refractivity contribution in [2.45, 2.75) is 45.6 Å². The minimum Gasteiger partial charge on any atom is -0.496 e. The molecule has 0 aliphatic carbocycles. The highest BCUT2D eigenvalue weighted by Gasteiger charge is 2.23. The van der Waals surface area contributed by atoms with Gasteiger partial charge in [0, 0.05) is 25.2 Å². The van der Waals surface area contributed by atoms with Crippen LogP contribution in [0.2, 0.25) is 0 Å². The third kappa shape index (κ3) is 7.68. The molecular formula is C33H36N2O5. The van der Waals surface area contributed by atoms with Crippen LogP contribution < -0.4 is 9.47 Å². The first-order chi connectivity index (χ1) is 19.3. The summed E-state index contributed by atoms with van der Waals surface area (Å²) in [6.45, 7) is 5.33. The van der Waals surface area contributed by atoms with E-state index in [9.17, 15) is 15.2 Å². The Morgan fingerprint density at radius 2 is 1.52 bits per heavy atom. The second kappa shape index (κ2) is 13.7. The lowest BCUT2D eigenvalue weighted by Crippen LogP contribution is -2.37. The number of hydrogen-bond donors (Lipinski definition) is 1. The summed E-state index contributed by atoms with van der Waals surface area (Å²) in [5.74, 6) is 1.03. The van der Waals surface area contributed by atoms with E-state index in [1.807, 2.05) is 61.5 Å². The van der Waals surface area contributed by atoms with Crippen molar-refractivity contribution in [1.29, 1.82) is 0 Å². The van der Waals surface area contributed by atoms with Gasteiger partial charge in [-0.3, -0.25) is 15.0 Å². The number of rotatable bonds is 13. The van der Waals surface area contributed by atoms with Gasteiger partial charge >= 0.3 is 5.69 Å². The highest BCUT2D eigenvalue weighted by atomic mass is 16.6. The first-order valence-corrected chi connectivity index (χ1v) is 13.4. The van der Waals surface area contributed by atoms with Gasteiger partial charge in [0.1, 0.15) is 12.4 Å². The van der Waals surface area contributed by atoms with Crippen molar-refractivity contribution in [3.63, 3.8) is 0 Å². The van der Waals surface area contributed by atoms with E-state index in [1.165, 1.54) is 11.6 Å². The fraction of sp³-hybridized carbons (Fsp3) is 0.273. The lowest BCUT2D eigenvalue weighted by molar-refractivity contribution is -0.386. The molecule has 0 saturated heterocycles. The Balaban J connectivity index is 1.52. The highest BCUT2D eigenvalue weighted by Crippen LogP contribution is 2.32. The molecule has 7 heteroatoms. The summed E-state index contributed by atoms with van der Waals surface area (Å²) in [7, 11) is 1.67. The third-order valence-electron chi connectivity index (χ3n) is 7.05. The van der Waals surface area contributed by atoms with Gasteiger partial charge in [-0.15, -0.1) is 0 Å². The Labute approximate surface area is 235 Å². The molecule has 1 N–H and O–H groups in total. The molecule has 4 aromatic carbocycles. The molecule has 2 unspecified atom stereocenters. The Morgan fingerprint density at radius 1 is 0.875 bits per heavy atom. The van der Waals surface area contributed by atoms with Crippen LogP contribution in [0.15, 0.2) is 97.1 Å². The molecule has 0 aliphatic heterocycles. The summed E-state index contributed by atoms with van der Waals surface area (Å²) < 4.78 is 11.2. The molecule has 0 spiro atoms. The van der Waals surface area contributed by atoms with Crippen molar-refractivity contribution in [1.82, 2.24) is 4.90 Å². The topological polar surface area (TPSA) is 85.1 Å². The molecule has 7 nitrogen and oxygen atoms in total. The molecule has 0 aliphatic rings. The number of nitro benzene ring substituents is 1. The number of nitrogens with zero attached hydrogens (tertiary/aromatic N) is 2. The number of methoxy groups -OCH3 is 1. The first kappa shape index (κ1) is 28.8. The van der Waals surface area contributed by atoms with E-state index in [1.54, 1.807) is 19.2 Å². The molecule has 40 heavy (non-hydrogen) atoms. The molecular weight excluding hydrogens is 504 g/mol. The predicted molar refractivity (Wildman–Crippen MR) is 157 cm³/mol. The molecule has 0 fully saturated rings. The summed E-state index contributed by atoms with van der Waals surface area (Å²) in [6, 6.07) is 30.6. The van der Waals surface area contributed by atoms with Crippen LogP contribution in [0.25, 0.3) is 0 Å². The van der Waals surface area contributed by atoms with E-state index < -0.39 is 11.0 Å². The van der Waals surface area contributed by atoms with Crippen molar-refractivity contribution >= 4 is 5.69 Å². The van der Waals surface area contributed by atoms with Crippen LogP contribution in [0.5, 0.6) is 11.5 Å². The molecule has 0 saturated carbocycles. The quantitative estimate of drug-likeness (QED) is 0.151. The van der Waals surface area contributed by atoms with Gasteiger partial charge in [-0.2, -0.15) is 0 Å². The van der Waals surface area contributed by atoms with Gasteiger partial charge in [-0.25, -0.2) is 0 Å². The molecule has 0 amide bonds. The molecule has 0 bridgehead atoms. The minimum atomic E-state index is -0.925. The van der Waals surface area contributed by atoms with E-state index in [2.05, 4.69) is 36.1 Å². The van der Waals surface area contributed by atoms with Crippen molar-refractivity contribution < 1.29 is 19.5 Å². The van der Waals surface area contributed by atoms with E-state index in [0.29, 0.717) is 18.7 Å². The number of hydrogen-bond acceptors (Lipinski definition) is 6. The van der Waals surface area contributed by atoms with Crippen LogP contribution >= 0.6 is 0 Å². The molecule has 2 atom stereocenters. The third-order valence-corrected chi connectivity index (χ3v) is 7.05. The van der Waals surface area contributed by atoms with Crippen molar-refractivity contribution in [3.8, 4) is 11.5 Å². The fourth-order valence-corrected chi connectivity index (χ4v) is 4.83. The Morgan fingerprint density at radius 3 is 2.15 bits per heavy atom. The second-order valence-electron chi connectivity index (χ2n) is 10.0. The summed E-state index contributed by atoms with van der Waals surface area (Å²) >= 11 is 0. The first-order valence-electron chi connectivity index (χ1n) is 13.4. The normalized spacial score (nSPS) is 12.6. The number of benzene rings is 4. The summed E-state index contributed by atoms with van der Waals surface area (Å²) in [5, 5.41) is 23.2. The van der Waals surface area contributed by atoms with Crippen LogP contribution in [0.1, 0.15) is 40.8 Å². The predicted octanol–water partition coefficient (Wildman–Crippen LogP) is 6.66. The molecule has 4 rings (SSSR count). The Bertz CT molecular complexity index is 1390. The maximum Gasteiger partial charge on any atom is 0.311 e. The van der Waals surface area contributed by atoms with Crippen LogP contribution in [0, 0.1) is 17.0 Å². The largest absolute Gasteiger partial charge is 0.496 e. The van der Waals surface area contributed by atoms with Gasteiger partial charge < -0.3 is 14.6 Å². The molecule has 0 radical (unpaired) electrons. The van der Waals surface area contributed by atoms with E-state index in [4.69, 9.17) is 9.47 Å². The van der Waals surface area contributed by atoms with Crippen molar-refractivity contribution in [2.75, 3.05) is 13.7 Å². The summed E-state index contributed by atoms with van der Waals surface area (Å²) in [6.07, 6.45) is -0.151. The second-order valence-corrected chi connectivity index (χ2v) is 10.0. The zero-order valence-corrected chi connectivity index (χ0v) is 23.2. The van der Waals surface area contributed by atoms with Crippen LogP contribution in [-0.4, -0.2) is 34.6 Å². The maximum atomic E-state index is 11.9. The number of aliphatic hydroxyl groups excluding tert-OH is 1. The van der Waals surface area contributed by atoms with Gasteiger partial charge in [-0.05, 0) is 60.2 Å². The van der Waals surface area contributed by atoms with Crippen molar-refractivity contribution in [2.24, 2.45) is 0 Å². The SMILES string of the molecule is COc1ccc(CC(C)N(Cc2ccccc2)CC(O)c2ccc(OCc3ccccc3)c([N+](=O)[O-])c2)cc1C. The highest BCUT2D eigenvalue weighted by molar-refractivity contribution is 5.49. The minimum absolute atomic E-state index is 0.0890. The van der Waals surface area contributed by atoms with E-state index in [-0.39, 0.29) is 24.1 Å². The monoisotopic (exact) mass is 540 g/mol. The molecule has 0 heterocycles. The van der Waals surface area contributed by atoms with Crippen LogP contribution in [0.3, 0.4) is 0 Å². The molecule has 4 aromatic rings. The van der Waals surface area contributed by atoms with Crippen molar-refractivity contribution in [3.05, 3.63) is 135 Å².